The summed E-state index contributed by atoms with van der Waals surface area (Å²) in [5.74, 6) is -0.139. The maximum atomic E-state index is 12.4. The van der Waals surface area contributed by atoms with Gasteiger partial charge in [-0.2, -0.15) is 0 Å². The molecule has 3 aromatic rings. The molecule has 154 valence electrons. The maximum Gasteiger partial charge on any atom is 0.338 e. The SMILES string of the molecule is CCc1ccc(NC(=O)[C@H](C)OC(=O)c2ccc(COc3ccccc3)cc2)cc1. The third kappa shape index (κ3) is 5.95. The third-order valence-corrected chi connectivity index (χ3v) is 4.62. The molecule has 0 bridgehead atoms. The van der Waals surface area contributed by atoms with Crippen LogP contribution in [0, 0.1) is 0 Å². The van der Waals surface area contributed by atoms with Gasteiger partial charge in [-0.05, 0) is 60.9 Å². The average Bonchev–Trinajstić information content (AvgIpc) is 2.79. The Labute approximate surface area is 176 Å². The summed E-state index contributed by atoms with van der Waals surface area (Å²) >= 11 is 0. The number of carbonyl (C=O) groups is 2. The number of aryl methyl sites for hydroxylation is 1. The molecule has 0 radical (unpaired) electrons. The molecule has 3 rings (SSSR count). The fraction of sp³-hybridized carbons (Fsp3) is 0.200. The maximum absolute atomic E-state index is 12.4. The summed E-state index contributed by atoms with van der Waals surface area (Å²) in [6.07, 6.45) is 0.0174. The predicted octanol–water partition coefficient (Wildman–Crippen LogP) is 5.01. The molecule has 30 heavy (non-hydrogen) atoms. The molecule has 1 amide bonds. The van der Waals surface area contributed by atoms with E-state index in [1.165, 1.54) is 5.56 Å². The highest BCUT2D eigenvalue weighted by Crippen LogP contribution is 2.14. The van der Waals surface area contributed by atoms with Gasteiger partial charge in [-0.25, -0.2) is 4.79 Å². The first-order valence-electron chi connectivity index (χ1n) is 9.92. The number of ether oxygens (including phenoxy) is 2. The molecule has 1 atom stereocenters. The Kier molecular flexibility index (Phi) is 7.22. The quantitative estimate of drug-likeness (QED) is 0.537. The lowest BCUT2D eigenvalue weighted by Gasteiger charge is -2.14. The second-order valence-electron chi connectivity index (χ2n) is 6.89. The molecule has 3 aromatic carbocycles. The van der Waals surface area contributed by atoms with Gasteiger partial charge in [0, 0.05) is 5.69 Å². The number of rotatable bonds is 8. The van der Waals surface area contributed by atoms with E-state index in [1.54, 1.807) is 31.2 Å². The van der Waals surface area contributed by atoms with E-state index in [4.69, 9.17) is 9.47 Å². The van der Waals surface area contributed by atoms with Gasteiger partial charge in [0.15, 0.2) is 6.10 Å². The van der Waals surface area contributed by atoms with E-state index in [-0.39, 0.29) is 5.91 Å². The Morgan fingerprint density at radius 3 is 2.13 bits per heavy atom. The van der Waals surface area contributed by atoms with Crippen LogP contribution in [0.1, 0.15) is 35.3 Å². The van der Waals surface area contributed by atoms with Crippen molar-refractivity contribution in [3.05, 3.63) is 95.6 Å². The Morgan fingerprint density at radius 2 is 1.50 bits per heavy atom. The van der Waals surface area contributed by atoms with Crippen LogP contribution in [-0.4, -0.2) is 18.0 Å². The summed E-state index contributed by atoms with van der Waals surface area (Å²) in [4.78, 5) is 24.7. The van der Waals surface area contributed by atoms with Crippen LogP contribution in [0.15, 0.2) is 78.9 Å². The molecular formula is C25H25NO4. The first-order chi connectivity index (χ1) is 14.5. The van der Waals surface area contributed by atoms with Gasteiger partial charge in [0.1, 0.15) is 12.4 Å². The summed E-state index contributed by atoms with van der Waals surface area (Å²) < 4.78 is 11.0. The lowest BCUT2D eigenvalue weighted by molar-refractivity contribution is -0.123. The van der Waals surface area contributed by atoms with Crippen LogP contribution in [0.5, 0.6) is 5.75 Å². The number of para-hydroxylation sites is 1. The van der Waals surface area contributed by atoms with Gasteiger partial charge in [0.2, 0.25) is 0 Å². The Bertz CT molecular complexity index is 966. The second-order valence-corrected chi connectivity index (χ2v) is 6.89. The predicted molar refractivity (Wildman–Crippen MR) is 117 cm³/mol. The average molecular weight is 403 g/mol. The second kappa shape index (κ2) is 10.3. The minimum atomic E-state index is -0.913. The van der Waals surface area contributed by atoms with Crippen molar-refractivity contribution in [1.29, 1.82) is 0 Å². The smallest absolute Gasteiger partial charge is 0.338 e. The van der Waals surface area contributed by atoms with Crippen LogP contribution in [-0.2, 0) is 22.6 Å². The molecule has 5 heteroatoms. The zero-order chi connectivity index (χ0) is 21.3. The van der Waals surface area contributed by atoms with Crippen molar-refractivity contribution >= 4 is 17.6 Å². The Hall–Kier alpha value is -3.60. The van der Waals surface area contributed by atoms with Crippen LogP contribution in [0.25, 0.3) is 0 Å². The van der Waals surface area contributed by atoms with E-state index in [1.807, 2.05) is 54.6 Å². The fourth-order valence-electron chi connectivity index (χ4n) is 2.77. The van der Waals surface area contributed by atoms with Gasteiger partial charge in [0.25, 0.3) is 5.91 Å². The lowest BCUT2D eigenvalue weighted by Crippen LogP contribution is -2.30. The van der Waals surface area contributed by atoms with Crippen LogP contribution in [0.4, 0.5) is 5.69 Å². The molecule has 0 unspecified atom stereocenters. The molecule has 0 heterocycles. The zero-order valence-electron chi connectivity index (χ0n) is 17.1. The standard InChI is InChI=1S/C25H25NO4/c1-3-19-11-15-22(16-12-19)26-24(27)18(2)30-25(28)21-13-9-20(10-14-21)17-29-23-7-5-4-6-8-23/h4-16,18H,3,17H2,1-2H3,(H,26,27)/t18-/m0/s1. The van der Waals surface area contributed by atoms with Crippen molar-refractivity contribution in [2.75, 3.05) is 5.32 Å². The number of carbonyl (C=O) groups excluding carboxylic acids is 2. The van der Waals surface area contributed by atoms with Crippen LogP contribution in [0.3, 0.4) is 0 Å². The van der Waals surface area contributed by atoms with E-state index in [9.17, 15) is 9.59 Å². The number of hydrogen-bond donors (Lipinski definition) is 1. The topological polar surface area (TPSA) is 64.6 Å². The fourth-order valence-corrected chi connectivity index (χ4v) is 2.77. The molecular weight excluding hydrogens is 378 g/mol. The first-order valence-corrected chi connectivity index (χ1v) is 9.92. The van der Waals surface area contributed by atoms with Crippen molar-refractivity contribution in [2.45, 2.75) is 33.0 Å². The number of nitrogens with one attached hydrogen (secondary N) is 1. The van der Waals surface area contributed by atoms with Gasteiger partial charge in [-0.1, -0.05) is 49.4 Å². The minimum Gasteiger partial charge on any atom is -0.489 e. The molecule has 0 saturated carbocycles. The van der Waals surface area contributed by atoms with Gasteiger partial charge >= 0.3 is 5.97 Å². The van der Waals surface area contributed by atoms with E-state index in [0.29, 0.717) is 17.9 Å². The van der Waals surface area contributed by atoms with Gasteiger partial charge in [0.05, 0.1) is 5.56 Å². The van der Waals surface area contributed by atoms with Crippen molar-refractivity contribution < 1.29 is 19.1 Å². The number of amides is 1. The van der Waals surface area contributed by atoms with E-state index < -0.39 is 12.1 Å². The lowest BCUT2D eigenvalue weighted by atomic mass is 10.1. The van der Waals surface area contributed by atoms with Crippen molar-refractivity contribution in [3.8, 4) is 5.75 Å². The van der Waals surface area contributed by atoms with Crippen LogP contribution < -0.4 is 10.1 Å². The Morgan fingerprint density at radius 1 is 0.867 bits per heavy atom. The molecule has 0 fully saturated rings. The van der Waals surface area contributed by atoms with Gasteiger partial charge in [-0.3, -0.25) is 4.79 Å². The van der Waals surface area contributed by atoms with Crippen molar-refractivity contribution in [2.24, 2.45) is 0 Å². The number of benzene rings is 3. The third-order valence-electron chi connectivity index (χ3n) is 4.62. The molecule has 0 spiro atoms. The molecule has 0 aliphatic carbocycles. The summed E-state index contributed by atoms with van der Waals surface area (Å²) in [7, 11) is 0. The van der Waals surface area contributed by atoms with Crippen molar-refractivity contribution in [1.82, 2.24) is 0 Å². The molecule has 0 aliphatic rings. The monoisotopic (exact) mass is 403 g/mol. The van der Waals surface area contributed by atoms with E-state index >= 15 is 0 Å². The summed E-state index contributed by atoms with van der Waals surface area (Å²) in [6.45, 7) is 4.02. The highest BCUT2D eigenvalue weighted by atomic mass is 16.5. The number of hydrogen-bond acceptors (Lipinski definition) is 4. The zero-order valence-corrected chi connectivity index (χ0v) is 17.1. The van der Waals surface area contributed by atoms with Gasteiger partial charge < -0.3 is 14.8 Å². The molecule has 1 N–H and O–H groups in total. The largest absolute Gasteiger partial charge is 0.489 e. The molecule has 0 saturated heterocycles. The molecule has 0 aromatic heterocycles. The summed E-state index contributed by atoms with van der Waals surface area (Å²) in [6, 6.07) is 24.0. The Balaban J connectivity index is 1.50. The first kappa shape index (κ1) is 21.1. The summed E-state index contributed by atoms with van der Waals surface area (Å²) in [5, 5.41) is 2.76. The number of esters is 1. The van der Waals surface area contributed by atoms with E-state index in [2.05, 4.69) is 12.2 Å². The minimum absolute atomic E-state index is 0.375. The van der Waals surface area contributed by atoms with Crippen LogP contribution >= 0.6 is 0 Å². The molecule has 0 aliphatic heterocycles. The normalized spacial score (nSPS) is 11.4. The highest BCUT2D eigenvalue weighted by Gasteiger charge is 2.19. The van der Waals surface area contributed by atoms with Crippen molar-refractivity contribution in [3.63, 3.8) is 0 Å². The van der Waals surface area contributed by atoms with Gasteiger partial charge in [-0.15, -0.1) is 0 Å². The number of anilines is 1. The highest BCUT2D eigenvalue weighted by molar-refractivity contribution is 5.97. The van der Waals surface area contributed by atoms with E-state index in [0.717, 1.165) is 17.7 Å². The van der Waals surface area contributed by atoms with Crippen LogP contribution in [0.2, 0.25) is 0 Å². The molecule has 5 nitrogen and oxygen atoms in total. The summed E-state index contributed by atoms with van der Waals surface area (Å²) in [5.41, 5.74) is 3.16.